The minimum atomic E-state index is -0.287. The predicted molar refractivity (Wildman–Crippen MR) is 121 cm³/mol. The summed E-state index contributed by atoms with van der Waals surface area (Å²) in [5.74, 6) is 1.43. The van der Waals surface area contributed by atoms with Crippen molar-refractivity contribution in [2.45, 2.75) is 38.8 Å². The number of guanidine groups is 1. The maximum Gasteiger partial charge on any atom is 0.243 e. The zero-order valence-corrected chi connectivity index (χ0v) is 19.2. The summed E-state index contributed by atoms with van der Waals surface area (Å²) in [6, 6.07) is 8.06. The van der Waals surface area contributed by atoms with E-state index in [-0.39, 0.29) is 48.1 Å². The van der Waals surface area contributed by atoms with Crippen molar-refractivity contribution in [1.29, 1.82) is 0 Å². The number of nitrogens with zero attached hydrogens (tertiary/aromatic N) is 2. The lowest BCUT2D eigenvalue weighted by Gasteiger charge is -2.38. The Hall–Kier alpha value is -1.77. The Morgan fingerprint density at radius 1 is 1.37 bits per heavy atom. The van der Waals surface area contributed by atoms with Crippen molar-refractivity contribution in [2.24, 2.45) is 4.99 Å². The fourth-order valence-corrected chi connectivity index (χ4v) is 2.77. The van der Waals surface area contributed by atoms with Crippen LogP contribution in [-0.4, -0.2) is 49.6 Å². The number of carbonyl (C=O) groups excluding carboxylic acids is 1. The van der Waals surface area contributed by atoms with Crippen LogP contribution in [0.3, 0.4) is 0 Å². The molecule has 1 aromatic carbocycles. The number of likely N-dealkylation sites (N-methyl/N-ethyl adjacent to an activating group) is 1. The standard InChI is InChI=1S/C20H30N4O2.HI/c1-14(2)12-21-19(22-13-18(25)24(5)6)23-16-11-20(3,4)26-17-10-8-7-9-15(16)17;/h7-10,16H,1,11-13H2,2-6H3,(H2,21,22,23);1H. The molecule has 0 spiro atoms. The van der Waals surface area contributed by atoms with E-state index < -0.39 is 0 Å². The number of para-hydroxylation sites is 1. The van der Waals surface area contributed by atoms with Crippen LogP contribution in [0.25, 0.3) is 0 Å². The molecule has 2 rings (SSSR count). The molecule has 0 radical (unpaired) electrons. The van der Waals surface area contributed by atoms with Crippen LogP contribution in [0.1, 0.15) is 38.8 Å². The van der Waals surface area contributed by atoms with Crippen LogP contribution in [0.5, 0.6) is 5.75 Å². The minimum Gasteiger partial charge on any atom is -0.487 e. The predicted octanol–water partition coefficient (Wildman–Crippen LogP) is 3.11. The summed E-state index contributed by atoms with van der Waals surface area (Å²) >= 11 is 0. The smallest absolute Gasteiger partial charge is 0.243 e. The summed E-state index contributed by atoms with van der Waals surface area (Å²) in [6.07, 6.45) is 0.791. The third-order valence-corrected chi connectivity index (χ3v) is 4.12. The number of hydrogen-bond donors (Lipinski definition) is 2. The first-order valence-electron chi connectivity index (χ1n) is 8.85. The van der Waals surface area contributed by atoms with E-state index in [1.54, 1.807) is 14.1 Å². The summed E-state index contributed by atoms with van der Waals surface area (Å²) in [5, 5.41) is 6.71. The number of nitrogens with one attached hydrogen (secondary N) is 2. The van der Waals surface area contributed by atoms with Crippen molar-refractivity contribution < 1.29 is 9.53 Å². The minimum absolute atomic E-state index is 0. The Balaban J connectivity index is 0.00000364. The van der Waals surface area contributed by atoms with Gasteiger partial charge in [-0.3, -0.25) is 4.79 Å². The number of ether oxygens (including phenoxy) is 1. The van der Waals surface area contributed by atoms with Gasteiger partial charge in [0.25, 0.3) is 0 Å². The van der Waals surface area contributed by atoms with Gasteiger partial charge in [0.15, 0.2) is 5.96 Å². The monoisotopic (exact) mass is 486 g/mol. The Bertz CT molecular complexity index is 701. The summed E-state index contributed by atoms with van der Waals surface area (Å²) in [7, 11) is 3.45. The van der Waals surface area contributed by atoms with E-state index in [9.17, 15) is 4.79 Å². The van der Waals surface area contributed by atoms with Crippen LogP contribution >= 0.6 is 24.0 Å². The Labute approximate surface area is 179 Å². The third kappa shape index (κ3) is 7.04. The van der Waals surface area contributed by atoms with Gasteiger partial charge in [-0.25, -0.2) is 4.99 Å². The molecule has 7 heteroatoms. The molecule has 1 heterocycles. The van der Waals surface area contributed by atoms with Crippen LogP contribution in [0.4, 0.5) is 0 Å². The molecular weight excluding hydrogens is 455 g/mol. The number of aliphatic imine (C=N–C) groups is 1. The molecule has 6 nitrogen and oxygen atoms in total. The molecule has 0 saturated carbocycles. The highest BCUT2D eigenvalue weighted by molar-refractivity contribution is 14.0. The molecule has 1 atom stereocenters. The van der Waals surface area contributed by atoms with Gasteiger partial charge in [0.05, 0.1) is 6.04 Å². The average molecular weight is 486 g/mol. The fourth-order valence-electron chi connectivity index (χ4n) is 2.77. The van der Waals surface area contributed by atoms with E-state index in [1.807, 2.05) is 25.1 Å². The number of fused-ring (bicyclic) bond motifs is 1. The Morgan fingerprint density at radius 3 is 2.67 bits per heavy atom. The van der Waals surface area contributed by atoms with Crippen molar-refractivity contribution in [3.63, 3.8) is 0 Å². The largest absolute Gasteiger partial charge is 0.487 e. The van der Waals surface area contributed by atoms with E-state index in [0.29, 0.717) is 12.5 Å². The molecule has 0 saturated heterocycles. The van der Waals surface area contributed by atoms with E-state index in [2.05, 4.69) is 42.1 Å². The first-order valence-corrected chi connectivity index (χ1v) is 8.85. The number of halogens is 1. The van der Waals surface area contributed by atoms with Crippen molar-refractivity contribution >= 4 is 35.8 Å². The highest BCUT2D eigenvalue weighted by Gasteiger charge is 2.34. The summed E-state index contributed by atoms with van der Waals surface area (Å²) in [5.41, 5.74) is 1.80. The van der Waals surface area contributed by atoms with E-state index in [1.165, 1.54) is 4.90 Å². The maximum absolute atomic E-state index is 11.9. The molecule has 0 bridgehead atoms. The first-order chi connectivity index (χ1) is 12.2. The van der Waals surface area contributed by atoms with Crippen LogP contribution < -0.4 is 15.4 Å². The molecule has 0 fully saturated rings. The Kier molecular flexibility index (Phi) is 8.59. The van der Waals surface area contributed by atoms with Gasteiger partial charge in [0.2, 0.25) is 5.91 Å². The molecule has 1 aliphatic rings. The highest BCUT2D eigenvalue weighted by Crippen LogP contribution is 2.39. The second-order valence-electron chi connectivity index (χ2n) is 7.56. The van der Waals surface area contributed by atoms with Crippen LogP contribution in [-0.2, 0) is 4.79 Å². The number of rotatable bonds is 5. The molecule has 0 aromatic heterocycles. The lowest BCUT2D eigenvalue weighted by Crippen LogP contribution is -2.46. The van der Waals surface area contributed by atoms with Gasteiger partial charge < -0.3 is 20.3 Å². The molecule has 1 aliphatic heterocycles. The number of carbonyl (C=O) groups is 1. The molecule has 0 aliphatic carbocycles. The zero-order valence-electron chi connectivity index (χ0n) is 16.8. The second-order valence-corrected chi connectivity index (χ2v) is 7.56. The molecule has 2 N–H and O–H groups in total. The van der Waals surface area contributed by atoms with E-state index in [0.717, 1.165) is 23.3 Å². The number of benzene rings is 1. The van der Waals surface area contributed by atoms with Crippen LogP contribution in [0.15, 0.2) is 41.4 Å². The average Bonchev–Trinajstić information content (AvgIpc) is 2.55. The van der Waals surface area contributed by atoms with E-state index >= 15 is 0 Å². The first kappa shape index (κ1) is 23.3. The molecular formula is C20H31IN4O2. The normalized spacial score (nSPS) is 17.7. The van der Waals surface area contributed by atoms with Crippen molar-refractivity contribution in [3.05, 3.63) is 42.0 Å². The zero-order chi connectivity index (χ0) is 19.3. The van der Waals surface area contributed by atoms with Crippen LogP contribution in [0, 0.1) is 0 Å². The SMILES string of the molecule is C=C(C)CNC(=NCC(=O)N(C)C)NC1CC(C)(C)Oc2ccccc21.I. The van der Waals surface area contributed by atoms with Gasteiger partial charge in [0.1, 0.15) is 17.9 Å². The van der Waals surface area contributed by atoms with Crippen molar-refractivity contribution in [3.8, 4) is 5.75 Å². The Morgan fingerprint density at radius 2 is 2.04 bits per heavy atom. The summed E-state index contributed by atoms with van der Waals surface area (Å²) < 4.78 is 6.08. The third-order valence-electron chi connectivity index (χ3n) is 4.12. The molecule has 1 aromatic rings. The van der Waals surface area contributed by atoms with E-state index in [4.69, 9.17) is 4.74 Å². The van der Waals surface area contributed by atoms with Gasteiger partial charge in [-0.1, -0.05) is 30.4 Å². The lowest BCUT2D eigenvalue weighted by molar-refractivity contribution is -0.127. The summed E-state index contributed by atoms with van der Waals surface area (Å²) in [4.78, 5) is 17.9. The van der Waals surface area contributed by atoms with Crippen molar-refractivity contribution in [1.82, 2.24) is 15.5 Å². The molecule has 1 unspecified atom stereocenters. The molecule has 150 valence electrons. The maximum atomic E-state index is 11.9. The molecule has 27 heavy (non-hydrogen) atoms. The topological polar surface area (TPSA) is 66.0 Å². The highest BCUT2D eigenvalue weighted by atomic mass is 127. The number of hydrogen-bond acceptors (Lipinski definition) is 3. The quantitative estimate of drug-likeness (QED) is 0.291. The van der Waals surface area contributed by atoms with Crippen molar-refractivity contribution in [2.75, 3.05) is 27.2 Å². The van der Waals surface area contributed by atoms with Gasteiger partial charge >= 0.3 is 0 Å². The molecule has 1 amide bonds. The van der Waals surface area contributed by atoms with Crippen LogP contribution in [0.2, 0.25) is 0 Å². The van der Waals surface area contributed by atoms with Gasteiger partial charge in [-0.05, 0) is 26.8 Å². The van der Waals surface area contributed by atoms with Gasteiger partial charge in [0, 0.05) is 32.6 Å². The second kappa shape index (κ2) is 9.96. The fraction of sp³-hybridized carbons (Fsp3) is 0.500. The van der Waals surface area contributed by atoms with Gasteiger partial charge in [-0.2, -0.15) is 0 Å². The van der Waals surface area contributed by atoms with Gasteiger partial charge in [-0.15, -0.1) is 24.0 Å². The summed E-state index contributed by atoms with van der Waals surface area (Å²) in [6.45, 7) is 10.7. The lowest BCUT2D eigenvalue weighted by atomic mass is 9.90. The number of amides is 1.